The summed E-state index contributed by atoms with van der Waals surface area (Å²) in [4.78, 5) is 13.9. The highest BCUT2D eigenvalue weighted by molar-refractivity contribution is 6.01. The van der Waals surface area contributed by atoms with Crippen LogP contribution in [-0.4, -0.2) is 19.5 Å². The van der Waals surface area contributed by atoms with Gasteiger partial charge in [0.2, 0.25) is 5.91 Å². The molecule has 0 unspecified atom stereocenters. The van der Waals surface area contributed by atoms with E-state index in [0.29, 0.717) is 12.2 Å². The number of halogens is 1. The molecule has 1 amide bonds. The molecule has 0 atom stereocenters. The molecule has 0 radical (unpaired) electrons. The molecule has 84 valence electrons. The van der Waals surface area contributed by atoms with Gasteiger partial charge in [-0.15, -0.1) is 0 Å². The van der Waals surface area contributed by atoms with Gasteiger partial charge < -0.3 is 10.2 Å². The molecule has 3 nitrogen and oxygen atoms in total. The topological polar surface area (TPSA) is 32.3 Å². The summed E-state index contributed by atoms with van der Waals surface area (Å²) >= 11 is 0. The van der Waals surface area contributed by atoms with Crippen LogP contribution in [0.15, 0.2) is 18.2 Å². The monoisotopic (exact) mass is 220 g/mol. The molecule has 0 aromatic heterocycles. The van der Waals surface area contributed by atoms with E-state index in [1.165, 1.54) is 6.07 Å². The lowest BCUT2D eigenvalue weighted by atomic mass is 10.1. The second-order valence-corrected chi connectivity index (χ2v) is 4.72. The van der Waals surface area contributed by atoms with Gasteiger partial charge in [-0.1, -0.05) is 6.07 Å². The zero-order valence-corrected chi connectivity index (χ0v) is 9.09. The summed E-state index contributed by atoms with van der Waals surface area (Å²) in [5.41, 5.74) is 0.802. The highest BCUT2D eigenvalue weighted by Crippen LogP contribution is 2.50. The molecule has 1 aliphatic heterocycles. The van der Waals surface area contributed by atoms with Crippen LogP contribution in [0.1, 0.15) is 12.8 Å². The molecule has 4 heteroatoms. The molecule has 0 saturated heterocycles. The van der Waals surface area contributed by atoms with Crippen molar-refractivity contribution in [2.45, 2.75) is 12.8 Å². The van der Waals surface area contributed by atoms with Crippen molar-refractivity contribution in [3.05, 3.63) is 24.0 Å². The predicted molar refractivity (Wildman–Crippen MR) is 60.0 cm³/mol. The maximum atomic E-state index is 13.6. The van der Waals surface area contributed by atoms with Crippen LogP contribution in [0.4, 0.5) is 15.8 Å². The van der Waals surface area contributed by atoms with Gasteiger partial charge in [-0.25, -0.2) is 4.39 Å². The van der Waals surface area contributed by atoms with Crippen LogP contribution >= 0.6 is 0 Å². The molecular formula is C12H13FN2O. The summed E-state index contributed by atoms with van der Waals surface area (Å²) in [6.07, 6.45) is 1.80. The zero-order chi connectivity index (χ0) is 11.3. The van der Waals surface area contributed by atoms with Crippen molar-refractivity contribution in [1.82, 2.24) is 0 Å². The Bertz CT molecular complexity index is 468. The van der Waals surface area contributed by atoms with E-state index in [1.807, 2.05) is 18.0 Å². The minimum Gasteiger partial charge on any atom is -0.372 e. The second kappa shape index (κ2) is 2.97. The average molecular weight is 220 g/mol. The first kappa shape index (κ1) is 9.63. The fourth-order valence-electron chi connectivity index (χ4n) is 2.35. The lowest BCUT2D eigenvalue weighted by molar-refractivity contribution is -0.120. The van der Waals surface area contributed by atoms with Crippen LogP contribution in [0.3, 0.4) is 0 Å². The molecule has 1 aromatic carbocycles. The zero-order valence-electron chi connectivity index (χ0n) is 9.09. The van der Waals surface area contributed by atoms with Gasteiger partial charge in [0, 0.05) is 13.6 Å². The number of carbonyl (C=O) groups excluding carboxylic acids is 1. The summed E-state index contributed by atoms with van der Waals surface area (Å²) in [5.74, 6) is -0.404. The maximum absolute atomic E-state index is 13.6. The van der Waals surface area contributed by atoms with Crippen molar-refractivity contribution >= 4 is 17.3 Å². The minimum absolute atomic E-state index is 0.0387. The smallest absolute Gasteiger partial charge is 0.232 e. The van der Waals surface area contributed by atoms with Gasteiger partial charge in [0.1, 0.15) is 11.5 Å². The fraction of sp³-hybridized carbons (Fsp3) is 0.417. The van der Waals surface area contributed by atoms with Crippen LogP contribution in [0.25, 0.3) is 0 Å². The molecular weight excluding hydrogens is 207 g/mol. The standard InChI is InChI=1S/C12H13FN2O/c1-15-7-12(5-6-12)11(16)14-10-8(13)3-2-4-9(10)15/h2-4H,5-7H2,1H3,(H,14,16). The molecule has 1 saturated carbocycles. The molecule has 1 N–H and O–H groups in total. The lowest BCUT2D eigenvalue weighted by Crippen LogP contribution is -2.31. The maximum Gasteiger partial charge on any atom is 0.232 e. The summed E-state index contributed by atoms with van der Waals surface area (Å²) in [6.45, 7) is 0.676. The quantitative estimate of drug-likeness (QED) is 0.725. The Kier molecular flexibility index (Phi) is 1.79. The number of nitrogens with zero attached hydrogens (tertiary/aromatic N) is 1. The van der Waals surface area contributed by atoms with E-state index in [2.05, 4.69) is 5.32 Å². The van der Waals surface area contributed by atoms with Gasteiger partial charge in [-0.2, -0.15) is 0 Å². The molecule has 3 rings (SSSR count). The van der Waals surface area contributed by atoms with Crippen molar-refractivity contribution in [2.75, 3.05) is 23.8 Å². The van der Waals surface area contributed by atoms with E-state index < -0.39 is 0 Å². The van der Waals surface area contributed by atoms with Crippen LogP contribution in [0.5, 0.6) is 0 Å². The molecule has 1 heterocycles. The van der Waals surface area contributed by atoms with Crippen LogP contribution < -0.4 is 10.2 Å². The minimum atomic E-state index is -0.365. The molecule has 2 aliphatic rings. The molecule has 1 aromatic rings. The number of hydrogen-bond donors (Lipinski definition) is 1. The molecule has 1 spiro atoms. The number of carbonyl (C=O) groups is 1. The van der Waals surface area contributed by atoms with Crippen LogP contribution in [0.2, 0.25) is 0 Å². The number of para-hydroxylation sites is 1. The van der Waals surface area contributed by atoms with Crippen LogP contribution in [-0.2, 0) is 4.79 Å². The lowest BCUT2D eigenvalue weighted by Gasteiger charge is -2.20. The van der Waals surface area contributed by atoms with Crippen LogP contribution in [0, 0.1) is 11.2 Å². The Hall–Kier alpha value is -1.58. The van der Waals surface area contributed by atoms with Gasteiger partial charge in [-0.3, -0.25) is 4.79 Å². The number of hydrogen-bond acceptors (Lipinski definition) is 2. The number of fused-ring (bicyclic) bond motifs is 1. The third kappa shape index (κ3) is 1.22. The van der Waals surface area contributed by atoms with Gasteiger partial charge in [0.05, 0.1) is 11.1 Å². The number of benzene rings is 1. The predicted octanol–water partition coefficient (Wildman–Crippen LogP) is 1.99. The summed E-state index contributed by atoms with van der Waals surface area (Å²) in [6, 6.07) is 4.87. The molecule has 1 fully saturated rings. The van der Waals surface area contributed by atoms with E-state index in [4.69, 9.17) is 0 Å². The van der Waals surface area contributed by atoms with Gasteiger partial charge >= 0.3 is 0 Å². The van der Waals surface area contributed by atoms with E-state index in [0.717, 1.165) is 18.5 Å². The Morgan fingerprint density at radius 1 is 1.44 bits per heavy atom. The Morgan fingerprint density at radius 3 is 2.88 bits per heavy atom. The van der Waals surface area contributed by atoms with E-state index >= 15 is 0 Å². The first-order chi connectivity index (χ1) is 7.62. The highest BCUT2D eigenvalue weighted by Gasteiger charge is 2.52. The van der Waals surface area contributed by atoms with E-state index in [1.54, 1.807) is 6.07 Å². The van der Waals surface area contributed by atoms with Gasteiger partial charge in [0.25, 0.3) is 0 Å². The second-order valence-electron chi connectivity index (χ2n) is 4.72. The fourth-order valence-corrected chi connectivity index (χ4v) is 2.35. The molecule has 0 bridgehead atoms. The average Bonchev–Trinajstić information content (AvgIpc) is 3.01. The first-order valence-corrected chi connectivity index (χ1v) is 5.43. The van der Waals surface area contributed by atoms with Gasteiger partial charge in [0.15, 0.2) is 0 Å². The van der Waals surface area contributed by atoms with Crippen molar-refractivity contribution in [3.63, 3.8) is 0 Å². The highest BCUT2D eigenvalue weighted by atomic mass is 19.1. The number of rotatable bonds is 0. The van der Waals surface area contributed by atoms with Crippen molar-refractivity contribution in [2.24, 2.45) is 5.41 Å². The largest absolute Gasteiger partial charge is 0.372 e. The Labute approximate surface area is 93.2 Å². The Balaban J connectivity index is 2.10. The first-order valence-electron chi connectivity index (χ1n) is 5.43. The third-order valence-corrected chi connectivity index (χ3v) is 3.52. The third-order valence-electron chi connectivity index (χ3n) is 3.52. The molecule has 1 aliphatic carbocycles. The molecule has 16 heavy (non-hydrogen) atoms. The van der Waals surface area contributed by atoms with Gasteiger partial charge in [-0.05, 0) is 25.0 Å². The summed E-state index contributed by atoms with van der Waals surface area (Å²) in [5, 5.41) is 2.72. The van der Waals surface area contributed by atoms with E-state index in [9.17, 15) is 9.18 Å². The number of anilines is 2. The Morgan fingerprint density at radius 2 is 2.19 bits per heavy atom. The SMILES string of the molecule is CN1CC2(CC2)C(=O)Nc2c(F)cccc21. The van der Waals surface area contributed by atoms with E-state index in [-0.39, 0.29) is 17.1 Å². The van der Waals surface area contributed by atoms with Crippen molar-refractivity contribution in [1.29, 1.82) is 0 Å². The van der Waals surface area contributed by atoms with Crippen molar-refractivity contribution in [3.8, 4) is 0 Å². The number of nitrogens with one attached hydrogen (secondary N) is 1. The normalized spacial score (nSPS) is 21.4. The van der Waals surface area contributed by atoms with Crippen molar-refractivity contribution < 1.29 is 9.18 Å². The summed E-state index contributed by atoms with van der Waals surface area (Å²) in [7, 11) is 1.90. The number of amides is 1. The summed E-state index contributed by atoms with van der Waals surface area (Å²) < 4.78 is 13.6.